The molecule has 1 atom stereocenters. The van der Waals surface area contributed by atoms with E-state index in [2.05, 4.69) is 40.8 Å². The number of carbonyl (C=O) groups is 4. The van der Waals surface area contributed by atoms with Gasteiger partial charge >= 0.3 is 12.2 Å². The monoisotopic (exact) mass is 863 g/mol. The number of likely N-dealkylation sites (tertiary alicyclic amines) is 1. The minimum absolute atomic E-state index is 0.0386. The molecular weight excluding hydrogens is 814 g/mol. The molecule has 2 aromatic heterocycles. The van der Waals surface area contributed by atoms with Crippen LogP contribution >= 0.6 is 11.6 Å². The highest BCUT2D eigenvalue weighted by molar-refractivity contribution is 7.89. The molecule has 6 rings (SSSR count). The largest absolute Gasteiger partial charge is 0.465 e. The third-order valence-electron chi connectivity index (χ3n) is 10.5. The Bertz CT molecular complexity index is 2270. The van der Waals surface area contributed by atoms with Gasteiger partial charge in [-0.2, -0.15) is 0 Å². The number of aromatic amines is 1. The fourth-order valence-electron chi connectivity index (χ4n) is 7.30. The Balaban J connectivity index is 1.14. The van der Waals surface area contributed by atoms with Crippen LogP contribution in [0.4, 0.5) is 15.3 Å². The number of carbonyl (C=O) groups excluding carboxylic acids is 3. The third-order valence-corrected chi connectivity index (χ3v) is 12.1. The van der Waals surface area contributed by atoms with E-state index in [1.165, 1.54) is 17.2 Å². The summed E-state index contributed by atoms with van der Waals surface area (Å²) in [4.78, 5) is 59.5. The van der Waals surface area contributed by atoms with E-state index >= 15 is 0 Å². The van der Waals surface area contributed by atoms with Crippen LogP contribution in [0.2, 0.25) is 5.28 Å². The smallest absolute Gasteiger partial charge is 0.407 e. The number of alkyl carbamates (subject to hydrolysis) is 1. The fraction of sp³-hybridized carbons (Fsp3) is 0.439. The van der Waals surface area contributed by atoms with E-state index in [4.69, 9.17) is 16.3 Å². The maximum Gasteiger partial charge on any atom is 0.407 e. The Hall–Kier alpha value is -5.59. The van der Waals surface area contributed by atoms with Gasteiger partial charge in [0.15, 0.2) is 5.82 Å². The van der Waals surface area contributed by atoms with Crippen LogP contribution in [-0.4, -0.2) is 99.9 Å². The zero-order valence-corrected chi connectivity index (χ0v) is 35.2. The molecule has 1 aliphatic carbocycles. The van der Waals surface area contributed by atoms with Gasteiger partial charge in [0.25, 0.3) is 0 Å². The number of H-pyrrole nitrogens is 1. The maximum absolute atomic E-state index is 14.0. The Morgan fingerprint density at radius 1 is 0.933 bits per heavy atom. The standard InChI is InChI=1S/C41H50ClN9O8S/c1-41(2,3)59-39(54)44-22-25-7-9-28(10-8-25)36(52)46-34(37(53)45-31-13-11-27(12-14-31)35-47-38(42)49-48-35)20-26-5-4-6-29(19-26)30-21-33(24-43-23-30)60(57,58)50-32-15-17-51(18-16-32)40(55)56/h4-6,11-14,19,21,23-25,28,32,34,50H,7-10,15-18,20,22H2,1-3H3,(H,44,54)(H,45,53)(H,46,52)(H,55,56)(H,47,48,49)/t25-,28-,34-/m0/s1. The lowest BCUT2D eigenvalue weighted by Gasteiger charge is -2.30. The third kappa shape index (κ3) is 12.2. The van der Waals surface area contributed by atoms with Gasteiger partial charge in [-0.05, 0) is 118 Å². The summed E-state index contributed by atoms with van der Waals surface area (Å²) in [5.74, 6) is -0.354. The van der Waals surface area contributed by atoms with Crippen molar-refractivity contribution in [3.8, 4) is 22.5 Å². The van der Waals surface area contributed by atoms with Crippen molar-refractivity contribution in [3.05, 3.63) is 77.8 Å². The van der Waals surface area contributed by atoms with Crippen LogP contribution in [0.3, 0.4) is 0 Å². The molecule has 19 heteroatoms. The number of nitrogens with one attached hydrogen (secondary N) is 5. The van der Waals surface area contributed by atoms with Crippen LogP contribution < -0.4 is 20.7 Å². The molecule has 4 aromatic rings. The number of benzene rings is 2. The second kappa shape index (κ2) is 19.2. The van der Waals surface area contributed by atoms with Crippen molar-refractivity contribution in [1.29, 1.82) is 0 Å². The van der Waals surface area contributed by atoms with Gasteiger partial charge in [-0.25, -0.2) is 22.7 Å². The van der Waals surface area contributed by atoms with Gasteiger partial charge < -0.3 is 35.7 Å². The molecular formula is C41H50ClN9O8S. The summed E-state index contributed by atoms with van der Waals surface area (Å²) >= 11 is 5.89. The van der Waals surface area contributed by atoms with Crippen molar-refractivity contribution in [2.75, 3.05) is 25.0 Å². The van der Waals surface area contributed by atoms with E-state index < -0.39 is 45.8 Å². The number of pyridine rings is 1. The van der Waals surface area contributed by atoms with Gasteiger partial charge in [0.1, 0.15) is 16.5 Å². The van der Waals surface area contributed by atoms with Crippen LogP contribution in [0.15, 0.2) is 71.9 Å². The summed E-state index contributed by atoms with van der Waals surface area (Å²) in [6.07, 6.45) is 4.74. The Morgan fingerprint density at radius 3 is 2.30 bits per heavy atom. The van der Waals surface area contributed by atoms with Crippen molar-refractivity contribution in [3.63, 3.8) is 0 Å². The van der Waals surface area contributed by atoms with Crippen molar-refractivity contribution < 1.29 is 37.4 Å². The first kappa shape index (κ1) is 44.0. The molecule has 0 spiro atoms. The van der Waals surface area contributed by atoms with Crippen LogP contribution in [0, 0.1) is 11.8 Å². The average molecular weight is 864 g/mol. The first-order valence-corrected chi connectivity index (χ1v) is 21.7. The molecule has 60 heavy (non-hydrogen) atoms. The first-order chi connectivity index (χ1) is 28.5. The summed E-state index contributed by atoms with van der Waals surface area (Å²) in [5.41, 5.74) is 2.48. The molecule has 2 aromatic carbocycles. The minimum atomic E-state index is -3.97. The molecule has 2 aliphatic rings. The number of hydrogen-bond donors (Lipinski definition) is 6. The van der Waals surface area contributed by atoms with E-state index in [1.807, 2.05) is 12.1 Å². The lowest BCUT2D eigenvalue weighted by atomic mass is 9.81. The zero-order valence-electron chi connectivity index (χ0n) is 33.6. The van der Waals surface area contributed by atoms with Gasteiger partial charge in [0.2, 0.25) is 27.1 Å². The SMILES string of the molecule is CC(C)(C)OC(=O)NC[C@H]1CC[C@H](C(=O)N[C@@H](Cc2cccc(-c3cncc(S(=O)(=O)NC4CCN(C(=O)O)CC4)c3)c2)C(=O)Nc2ccc(-c3nnc(Cl)[nH]3)cc2)CC1. The topological polar surface area (TPSA) is 238 Å². The Kier molecular flexibility index (Phi) is 14.1. The molecule has 0 bridgehead atoms. The number of carboxylic acid groups (broad SMARTS) is 1. The number of ether oxygens (including phenoxy) is 1. The number of hydrogen-bond acceptors (Lipinski definition) is 10. The molecule has 2 fully saturated rings. The van der Waals surface area contributed by atoms with Gasteiger partial charge in [0.05, 0.1) is 0 Å². The number of nitrogens with zero attached hydrogens (tertiary/aromatic N) is 4. The van der Waals surface area contributed by atoms with Crippen molar-refractivity contribution in [1.82, 2.24) is 40.4 Å². The normalized spacial score (nSPS) is 18.0. The van der Waals surface area contributed by atoms with Crippen LogP contribution in [0.25, 0.3) is 22.5 Å². The molecule has 3 heterocycles. The molecule has 320 valence electrons. The first-order valence-electron chi connectivity index (χ1n) is 19.8. The number of sulfonamides is 1. The van der Waals surface area contributed by atoms with Gasteiger partial charge in [-0.3, -0.25) is 14.6 Å². The van der Waals surface area contributed by atoms with Crippen molar-refractivity contribution in [2.24, 2.45) is 11.8 Å². The predicted octanol–water partition coefficient (Wildman–Crippen LogP) is 5.60. The van der Waals surface area contributed by atoms with E-state index in [0.717, 1.165) is 12.8 Å². The average Bonchev–Trinajstić information content (AvgIpc) is 3.66. The second-order valence-corrected chi connectivity index (χ2v) is 18.2. The number of halogens is 1. The molecule has 1 saturated carbocycles. The Labute approximate surface area is 353 Å². The summed E-state index contributed by atoms with van der Waals surface area (Å²) in [6, 6.07) is 14.3. The number of amides is 4. The van der Waals surface area contributed by atoms with E-state index in [9.17, 15) is 32.7 Å². The minimum Gasteiger partial charge on any atom is -0.465 e. The lowest BCUT2D eigenvalue weighted by Crippen LogP contribution is -2.48. The molecule has 4 amide bonds. The summed E-state index contributed by atoms with van der Waals surface area (Å²) < 4.78 is 34.8. The fourth-order valence-corrected chi connectivity index (χ4v) is 8.71. The van der Waals surface area contributed by atoms with Gasteiger partial charge in [0, 0.05) is 67.2 Å². The van der Waals surface area contributed by atoms with Crippen LogP contribution in [-0.2, 0) is 30.8 Å². The van der Waals surface area contributed by atoms with Gasteiger partial charge in [-0.15, -0.1) is 10.2 Å². The summed E-state index contributed by atoms with van der Waals surface area (Å²) in [7, 11) is -3.97. The van der Waals surface area contributed by atoms with E-state index in [0.29, 0.717) is 66.0 Å². The van der Waals surface area contributed by atoms with Crippen molar-refractivity contribution >= 4 is 51.3 Å². The Morgan fingerprint density at radius 2 is 1.65 bits per heavy atom. The molecule has 17 nitrogen and oxygen atoms in total. The summed E-state index contributed by atoms with van der Waals surface area (Å²) in [5, 5.41) is 25.9. The number of piperidine rings is 1. The lowest BCUT2D eigenvalue weighted by molar-refractivity contribution is -0.130. The van der Waals surface area contributed by atoms with Crippen LogP contribution in [0.5, 0.6) is 0 Å². The quantitative estimate of drug-likeness (QED) is 0.0967. The van der Waals surface area contributed by atoms with E-state index in [1.54, 1.807) is 63.4 Å². The zero-order chi connectivity index (χ0) is 43.0. The molecule has 6 N–H and O–H groups in total. The number of anilines is 1. The van der Waals surface area contributed by atoms with Crippen molar-refractivity contribution in [2.45, 2.75) is 88.3 Å². The molecule has 1 aliphatic heterocycles. The van der Waals surface area contributed by atoms with Crippen LogP contribution in [0.1, 0.15) is 64.9 Å². The highest BCUT2D eigenvalue weighted by atomic mass is 35.5. The van der Waals surface area contributed by atoms with E-state index in [-0.39, 0.29) is 47.4 Å². The molecule has 0 radical (unpaired) electrons. The summed E-state index contributed by atoms with van der Waals surface area (Å²) in [6.45, 7) is 6.32. The van der Waals surface area contributed by atoms with Gasteiger partial charge in [-0.1, -0.05) is 24.3 Å². The second-order valence-electron chi connectivity index (χ2n) is 16.2. The predicted molar refractivity (Wildman–Crippen MR) is 223 cm³/mol. The highest BCUT2D eigenvalue weighted by Crippen LogP contribution is 2.30. The highest BCUT2D eigenvalue weighted by Gasteiger charge is 2.31. The molecule has 0 unspecified atom stereocenters. The number of aromatic nitrogens is 4. The number of rotatable bonds is 13. The maximum atomic E-state index is 14.0. The molecule has 1 saturated heterocycles.